The normalized spacial score (nSPS) is 18.7. The molecule has 0 spiro atoms. The van der Waals surface area contributed by atoms with Gasteiger partial charge in [-0.1, -0.05) is 24.3 Å². The minimum atomic E-state index is -0.00972. The van der Waals surface area contributed by atoms with Crippen LogP contribution in [0.5, 0.6) is 0 Å². The van der Waals surface area contributed by atoms with Crippen LogP contribution in [0.1, 0.15) is 23.2 Å². The first-order valence-corrected chi connectivity index (χ1v) is 7.74. The molecule has 1 aliphatic heterocycles. The van der Waals surface area contributed by atoms with Gasteiger partial charge in [-0.2, -0.15) is 0 Å². The van der Waals surface area contributed by atoms with E-state index in [1.165, 1.54) is 0 Å². The molecule has 4 heteroatoms. The summed E-state index contributed by atoms with van der Waals surface area (Å²) in [6, 6.07) is 11.9. The van der Waals surface area contributed by atoms with Gasteiger partial charge in [0.1, 0.15) is 0 Å². The molecular weight excluding hydrogens is 270 g/mol. The van der Waals surface area contributed by atoms with Crippen LogP contribution < -0.4 is 5.32 Å². The molecule has 1 aromatic heterocycles. The van der Waals surface area contributed by atoms with Crippen molar-refractivity contribution in [2.45, 2.75) is 18.9 Å². The number of hydrogen-bond acceptors (Lipinski definition) is 3. The third-order valence-corrected chi connectivity index (χ3v) is 4.36. The summed E-state index contributed by atoms with van der Waals surface area (Å²) < 4.78 is 5.41. The van der Waals surface area contributed by atoms with E-state index in [-0.39, 0.29) is 11.9 Å². The van der Waals surface area contributed by atoms with E-state index in [0.29, 0.717) is 6.61 Å². The number of thiophene rings is 1. The molecule has 0 saturated carbocycles. The van der Waals surface area contributed by atoms with Crippen LogP contribution in [0.3, 0.4) is 0 Å². The zero-order valence-corrected chi connectivity index (χ0v) is 12.0. The summed E-state index contributed by atoms with van der Waals surface area (Å²) in [5.74, 6) is -0.00972. The van der Waals surface area contributed by atoms with Crippen molar-refractivity contribution in [3.63, 3.8) is 0 Å². The maximum absolute atomic E-state index is 12.5. The number of hydrogen-bond donors (Lipinski definition) is 1. The average molecular weight is 287 g/mol. The Morgan fingerprint density at radius 3 is 2.90 bits per heavy atom. The van der Waals surface area contributed by atoms with Crippen LogP contribution >= 0.6 is 11.3 Å². The van der Waals surface area contributed by atoms with Crippen molar-refractivity contribution in [1.82, 2.24) is 5.32 Å². The number of nitrogens with one attached hydrogen (secondary N) is 1. The minimum absolute atomic E-state index is 0.00972. The SMILES string of the molecule is O=C(N[C@@H]1CCCOC1)c1ccccc1-c1cccs1. The highest BCUT2D eigenvalue weighted by Gasteiger charge is 2.19. The lowest BCUT2D eigenvalue weighted by Gasteiger charge is -2.23. The molecule has 104 valence electrons. The summed E-state index contributed by atoms with van der Waals surface area (Å²) in [7, 11) is 0. The second kappa shape index (κ2) is 6.20. The molecule has 3 rings (SSSR count). The van der Waals surface area contributed by atoms with E-state index >= 15 is 0 Å². The Hall–Kier alpha value is -1.65. The summed E-state index contributed by atoms with van der Waals surface area (Å²) in [4.78, 5) is 13.6. The van der Waals surface area contributed by atoms with Crippen LogP contribution in [0.2, 0.25) is 0 Å². The first-order chi connectivity index (χ1) is 9.84. The third kappa shape index (κ3) is 2.92. The predicted molar refractivity (Wildman–Crippen MR) is 81.1 cm³/mol. The van der Waals surface area contributed by atoms with Gasteiger partial charge in [0.05, 0.1) is 12.6 Å². The number of benzene rings is 1. The molecular formula is C16H17NO2S. The molecule has 1 aromatic carbocycles. The highest BCUT2D eigenvalue weighted by atomic mass is 32.1. The molecule has 0 radical (unpaired) electrons. The predicted octanol–water partition coefficient (Wildman–Crippen LogP) is 3.32. The standard InChI is InChI=1S/C16H17NO2S/c18-16(17-12-5-3-9-19-11-12)14-7-2-1-6-13(14)15-8-4-10-20-15/h1-2,4,6-8,10,12H,3,5,9,11H2,(H,17,18)/t12-/m1/s1. The second-order valence-electron chi connectivity index (χ2n) is 4.91. The molecule has 0 unspecified atom stereocenters. The van der Waals surface area contributed by atoms with E-state index < -0.39 is 0 Å². The minimum Gasteiger partial charge on any atom is -0.379 e. The van der Waals surface area contributed by atoms with Gasteiger partial charge >= 0.3 is 0 Å². The van der Waals surface area contributed by atoms with Gasteiger partial charge in [-0.05, 0) is 30.4 Å². The fraction of sp³-hybridized carbons (Fsp3) is 0.312. The molecule has 20 heavy (non-hydrogen) atoms. The molecule has 1 fully saturated rings. The monoisotopic (exact) mass is 287 g/mol. The van der Waals surface area contributed by atoms with Crippen LogP contribution in [0, 0.1) is 0 Å². The number of rotatable bonds is 3. The molecule has 1 N–H and O–H groups in total. The number of carbonyl (C=O) groups excluding carboxylic acids is 1. The summed E-state index contributed by atoms with van der Waals surface area (Å²) in [6.07, 6.45) is 2.00. The molecule has 0 aliphatic carbocycles. The van der Waals surface area contributed by atoms with Crippen LogP contribution in [0.25, 0.3) is 10.4 Å². The topological polar surface area (TPSA) is 38.3 Å². The van der Waals surface area contributed by atoms with Crippen molar-refractivity contribution in [3.8, 4) is 10.4 Å². The highest BCUT2D eigenvalue weighted by Crippen LogP contribution is 2.28. The van der Waals surface area contributed by atoms with Crippen molar-refractivity contribution in [1.29, 1.82) is 0 Å². The van der Waals surface area contributed by atoms with Gasteiger partial charge in [0.15, 0.2) is 0 Å². The van der Waals surface area contributed by atoms with Gasteiger partial charge in [0.2, 0.25) is 0 Å². The maximum Gasteiger partial charge on any atom is 0.252 e. The quantitative estimate of drug-likeness (QED) is 0.940. The lowest BCUT2D eigenvalue weighted by Crippen LogP contribution is -2.40. The number of ether oxygens (including phenoxy) is 1. The van der Waals surface area contributed by atoms with Gasteiger partial charge in [-0.25, -0.2) is 0 Å². The molecule has 0 bridgehead atoms. The Morgan fingerprint density at radius 2 is 2.15 bits per heavy atom. The van der Waals surface area contributed by atoms with Gasteiger partial charge in [0, 0.05) is 22.6 Å². The van der Waals surface area contributed by atoms with Crippen molar-refractivity contribution >= 4 is 17.2 Å². The van der Waals surface area contributed by atoms with E-state index in [1.807, 2.05) is 41.8 Å². The van der Waals surface area contributed by atoms with Crippen LogP contribution in [0.15, 0.2) is 41.8 Å². The molecule has 3 nitrogen and oxygen atoms in total. The average Bonchev–Trinajstić information content (AvgIpc) is 3.02. The molecule has 1 atom stereocenters. The summed E-state index contributed by atoms with van der Waals surface area (Å²) in [6.45, 7) is 1.42. The van der Waals surface area contributed by atoms with E-state index in [2.05, 4.69) is 5.32 Å². The zero-order valence-electron chi connectivity index (χ0n) is 11.2. The van der Waals surface area contributed by atoms with E-state index in [9.17, 15) is 4.79 Å². The zero-order chi connectivity index (χ0) is 13.8. The highest BCUT2D eigenvalue weighted by molar-refractivity contribution is 7.13. The number of amides is 1. The maximum atomic E-state index is 12.5. The molecule has 1 saturated heterocycles. The Kier molecular flexibility index (Phi) is 4.14. The largest absolute Gasteiger partial charge is 0.379 e. The fourth-order valence-corrected chi connectivity index (χ4v) is 3.21. The molecule has 1 amide bonds. The molecule has 2 heterocycles. The van der Waals surface area contributed by atoms with Crippen molar-refractivity contribution < 1.29 is 9.53 Å². The Labute approximate surface area is 122 Å². The van der Waals surface area contributed by atoms with Gasteiger partial charge in [-0.3, -0.25) is 4.79 Å². The van der Waals surface area contributed by atoms with Gasteiger partial charge < -0.3 is 10.1 Å². The number of carbonyl (C=O) groups is 1. The first-order valence-electron chi connectivity index (χ1n) is 6.86. The van der Waals surface area contributed by atoms with Crippen molar-refractivity contribution in [2.24, 2.45) is 0 Å². The van der Waals surface area contributed by atoms with Crippen LogP contribution in [0.4, 0.5) is 0 Å². The Morgan fingerprint density at radius 1 is 1.25 bits per heavy atom. The lowest BCUT2D eigenvalue weighted by atomic mass is 10.0. The summed E-state index contributed by atoms with van der Waals surface area (Å²) in [5.41, 5.74) is 1.73. The lowest BCUT2D eigenvalue weighted by molar-refractivity contribution is 0.0624. The van der Waals surface area contributed by atoms with Crippen LogP contribution in [-0.2, 0) is 4.74 Å². The Balaban J connectivity index is 1.81. The van der Waals surface area contributed by atoms with E-state index in [4.69, 9.17) is 4.74 Å². The summed E-state index contributed by atoms with van der Waals surface area (Å²) >= 11 is 1.65. The smallest absolute Gasteiger partial charge is 0.252 e. The van der Waals surface area contributed by atoms with E-state index in [0.717, 1.165) is 35.5 Å². The van der Waals surface area contributed by atoms with Crippen molar-refractivity contribution in [3.05, 3.63) is 47.3 Å². The fourth-order valence-electron chi connectivity index (χ4n) is 2.45. The summed E-state index contributed by atoms with van der Waals surface area (Å²) in [5, 5.41) is 5.10. The first kappa shape index (κ1) is 13.3. The molecule has 2 aromatic rings. The molecule has 1 aliphatic rings. The van der Waals surface area contributed by atoms with Gasteiger partial charge in [-0.15, -0.1) is 11.3 Å². The van der Waals surface area contributed by atoms with E-state index in [1.54, 1.807) is 11.3 Å². The second-order valence-corrected chi connectivity index (χ2v) is 5.86. The van der Waals surface area contributed by atoms with Crippen molar-refractivity contribution in [2.75, 3.05) is 13.2 Å². The van der Waals surface area contributed by atoms with Crippen LogP contribution in [-0.4, -0.2) is 25.2 Å². The third-order valence-electron chi connectivity index (χ3n) is 3.45. The van der Waals surface area contributed by atoms with Gasteiger partial charge in [0.25, 0.3) is 5.91 Å². The Bertz CT molecular complexity index is 574.